The van der Waals surface area contributed by atoms with Crippen molar-refractivity contribution in [3.63, 3.8) is 0 Å². The van der Waals surface area contributed by atoms with Gasteiger partial charge in [0.05, 0.1) is 18.4 Å². The Hall–Kier alpha value is -2.61. The van der Waals surface area contributed by atoms with Crippen molar-refractivity contribution >= 4 is 34.6 Å². The predicted molar refractivity (Wildman–Crippen MR) is 99.0 cm³/mol. The second-order valence-electron chi connectivity index (χ2n) is 4.99. The van der Waals surface area contributed by atoms with E-state index in [1.54, 1.807) is 19.3 Å². The van der Waals surface area contributed by atoms with Gasteiger partial charge in [0.15, 0.2) is 0 Å². The van der Waals surface area contributed by atoms with E-state index in [2.05, 4.69) is 11.1 Å². The lowest BCUT2D eigenvalue weighted by Crippen LogP contribution is -1.84. The normalized spacial score (nSPS) is 11.1. The molecule has 0 saturated heterocycles. The first-order valence-corrected chi connectivity index (χ1v) is 8.43. The molecule has 0 atom stereocenters. The first-order valence-electron chi connectivity index (χ1n) is 7.17. The first kappa shape index (κ1) is 16.3. The van der Waals surface area contributed by atoms with E-state index < -0.39 is 0 Å². The van der Waals surface area contributed by atoms with E-state index >= 15 is 0 Å². The van der Waals surface area contributed by atoms with Crippen molar-refractivity contribution < 1.29 is 4.74 Å². The second kappa shape index (κ2) is 7.31. The summed E-state index contributed by atoms with van der Waals surface area (Å²) in [5.41, 5.74) is 3.21. The van der Waals surface area contributed by atoms with Crippen molar-refractivity contribution in [1.29, 1.82) is 5.26 Å². The van der Waals surface area contributed by atoms with E-state index in [1.165, 1.54) is 11.3 Å². The summed E-state index contributed by atoms with van der Waals surface area (Å²) >= 11 is 7.44. The number of nitrogens with zero attached hydrogens (tertiary/aromatic N) is 2. The number of methoxy groups -OCH3 is 1. The van der Waals surface area contributed by atoms with E-state index in [-0.39, 0.29) is 0 Å². The van der Waals surface area contributed by atoms with Crippen LogP contribution in [0, 0.1) is 11.3 Å². The minimum atomic E-state index is 0.516. The number of aromatic nitrogens is 1. The molecule has 0 unspecified atom stereocenters. The molecule has 3 aromatic rings. The van der Waals surface area contributed by atoms with Crippen LogP contribution in [0.5, 0.6) is 5.75 Å². The van der Waals surface area contributed by atoms with Gasteiger partial charge in [-0.05, 0) is 48.0 Å². The fraction of sp³-hybridized carbons (Fsp3) is 0.0526. The molecule has 0 spiro atoms. The van der Waals surface area contributed by atoms with Crippen LogP contribution in [0.25, 0.3) is 22.9 Å². The third-order valence-electron chi connectivity index (χ3n) is 3.40. The van der Waals surface area contributed by atoms with Crippen LogP contribution in [0.4, 0.5) is 0 Å². The fourth-order valence-electron chi connectivity index (χ4n) is 2.20. The van der Waals surface area contributed by atoms with Gasteiger partial charge in [-0.15, -0.1) is 11.3 Å². The Balaban J connectivity index is 1.91. The summed E-state index contributed by atoms with van der Waals surface area (Å²) in [7, 11) is 1.63. The number of thiazole rings is 1. The molecule has 0 fully saturated rings. The highest BCUT2D eigenvalue weighted by Crippen LogP contribution is 2.28. The van der Waals surface area contributed by atoms with Gasteiger partial charge < -0.3 is 4.74 Å². The Kier molecular flexibility index (Phi) is 4.95. The summed E-state index contributed by atoms with van der Waals surface area (Å²) in [6.07, 6.45) is 1.79. The largest absolute Gasteiger partial charge is 0.497 e. The van der Waals surface area contributed by atoms with Crippen LogP contribution in [0.15, 0.2) is 53.9 Å². The van der Waals surface area contributed by atoms with Crippen LogP contribution in [0.3, 0.4) is 0 Å². The molecule has 0 amide bonds. The molecule has 2 aromatic carbocycles. The van der Waals surface area contributed by atoms with Crippen LogP contribution >= 0.6 is 22.9 Å². The summed E-state index contributed by atoms with van der Waals surface area (Å²) in [5.74, 6) is 0.799. The smallest absolute Gasteiger partial charge is 0.134 e. The van der Waals surface area contributed by atoms with E-state index in [0.717, 1.165) is 22.6 Å². The van der Waals surface area contributed by atoms with E-state index in [0.29, 0.717) is 15.6 Å². The van der Waals surface area contributed by atoms with Gasteiger partial charge in [-0.3, -0.25) is 0 Å². The van der Waals surface area contributed by atoms with Crippen LogP contribution < -0.4 is 4.74 Å². The zero-order chi connectivity index (χ0) is 16.9. The standard InChI is InChI=1S/C19H13ClN2OS/c1-23-17-7-5-14(6-8-17)18-12-24-19(22-18)15(11-21)9-13-3-2-4-16(20)10-13/h2-10,12H,1H3. The molecule has 0 bridgehead atoms. The number of rotatable bonds is 4. The average Bonchev–Trinajstić information content (AvgIpc) is 3.10. The summed E-state index contributed by atoms with van der Waals surface area (Å²) in [6.45, 7) is 0. The van der Waals surface area contributed by atoms with Gasteiger partial charge in [-0.25, -0.2) is 4.98 Å². The Morgan fingerprint density at radius 1 is 1.25 bits per heavy atom. The summed E-state index contributed by atoms with van der Waals surface area (Å²) in [6, 6.07) is 17.3. The number of hydrogen-bond donors (Lipinski definition) is 0. The van der Waals surface area contributed by atoms with E-state index in [4.69, 9.17) is 16.3 Å². The number of allylic oxidation sites excluding steroid dienone is 1. The van der Waals surface area contributed by atoms with Crippen LogP contribution in [0.1, 0.15) is 10.6 Å². The molecule has 0 aliphatic heterocycles. The molecule has 24 heavy (non-hydrogen) atoms. The molecular formula is C19H13ClN2OS. The Labute approximate surface area is 149 Å². The molecule has 0 saturated carbocycles. The minimum absolute atomic E-state index is 0.516. The van der Waals surface area contributed by atoms with Gasteiger partial charge in [-0.1, -0.05) is 23.7 Å². The number of hydrogen-bond acceptors (Lipinski definition) is 4. The van der Waals surface area contributed by atoms with Crippen molar-refractivity contribution in [3.05, 3.63) is 69.5 Å². The van der Waals surface area contributed by atoms with Gasteiger partial charge in [0.1, 0.15) is 16.8 Å². The Morgan fingerprint density at radius 3 is 2.71 bits per heavy atom. The molecule has 1 aromatic heterocycles. The summed E-state index contributed by atoms with van der Waals surface area (Å²) < 4.78 is 5.16. The zero-order valence-corrected chi connectivity index (χ0v) is 14.4. The fourth-order valence-corrected chi connectivity index (χ4v) is 3.19. The molecule has 118 valence electrons. The molecule has 0 aliphatic rings. The molecule has 0 radical (unpaired) electrons. The molecule has 5 heteroatoms. The van der Waals surface area contributed by atoms with Gasteiger partial charge in [-0.2, -0.15) is 5.26 Å². The highest BCUT2D eigenvalue weighted by Gasteiger charge is 2.09. The minimum Gasteiger partial charge on any atom is -0.497 e. The highest BCUT2D eigenvalue weighted by atomic mass is 35.5. The molecule has 3 nitrogen and oxygen atoms in total. The zero-order valence-electron chi connectivity index (χ0n) is 12.9. The van der Waals surface area contributed by atoms with Crippen LogP contribution in [-0.2, 0) is 0 Å². The lowest BCUT2D eigenvalue weighted by atomic mass is 10.1. The maximum absolute atomic E-state index is 9.46. The molecule has 0 N–H and O–H groups in total. The third kappa shape index (κ3) is 3.65. The lowest BCUT2D eigenvalue weighted by molar-refractivity contribution is 0.415. The number of ether oxygens (including phenoxy) is 1. The van der Waals surface area contributed by atoms with E-state index in [9.17, 15) is 5.26 Å². The topological polar surface area (TPSA) is 45.9 Å². The van der Waals surface area contributed by atoms with Gasteiger partial charge >= 0.3 is 0 Å². The third-order valence-corrected chi connectivity index (χ3v) is 4.51. The molecular weight excluding hydrogens is 340 g/mol. The molecule has 0 aliphatic carbocycles. The number of nitriles is 1. The van der Waals surface area contributed by atoms with Crippen molar-refractivity contribution in [1.82, 2.24) is 4.98 Å². The molecule has 3 rings (SSSR count). The van der Waals surface area contributed by atoms with Crippen LogP contribution in [0.2, 0.25) is 5.02 Å². The van der Waals surface area contributed by atoms with E-state index in [1.807, 2.05) is 47.8 Å². The SMILES string of the molecule is COc1ccc(-c2csc(C(C#N)=Cc3cccc(Cl)c3)n2)cc1. The van der Waals surface area contributed by atoms with Gasteiger partial charge in [0.25, 0.3) is 0 Å². The second-order valence-corrected chi connectivity index (χ2v) is 6.29. The summed E-state index contributed by atoms with van der Waals surface area (Å²) in [4.78, 5) is 4.58. The monoisotopic (exact) mass is 352 g/mol. The van der Waals surface area contributed by atoms with Crippen molar-refractivity contribution in [2.24, 2.45) is 0 Å². The highest BCUT2D eigenvalue weighted by molar-refractivity contribution is 7.11. The number of benzene rings is 2. The Morgan fingerprint density at radius 2 is 2.04 bits per heavy atom. The van der Waals surface area contributed by atoms with Crippen molar-refractivity contribution in [2.45, 2.75) is 0 Å². The van der Waals surface area contributed by atoms with Gasteiger partial charge in [0, 0.05) is 16.0 Å². The van der Waals surface area contributed by atoms with Crippen LogP contribution in [-0.4, -0.2) is 12.1 Å². The van der Waals surface area contributed by atoms with Crippen molar-refractivity contribution in [3.8, 4) is 23.1 Å². The average molecular weight is 353 g/mol. The Bertz CT molecular complexity index is 923. The van der Waals surface area contributed by atoms with Gasteiger partial charge in [0.2, 0.25) is 0 Å². The van der Waals surface area contributed by atoms with Crippen molar-refractivity contribution in [2.75, 3.05) is 7.11 Å². The quantitative estimate of drug-likeness (QED) is 0.579. The predicted octanol–water partition coefficient (Wildman–Crippen LogP) is 5.54. The maximum atomic E-state index is 9.46. The lowest BCUT2D eigenvalue weighted by Gasteiger charge is -2.00. The number of halogens is 1. The summed E-state index contributed by atoms with van der Waals surface area (Å²) in [5, 5.41) is 12.7. The first-order chi connectivity index (χ1) is 11.7. The molecule has 1 heterocycles. The maximum Gasteiger partial charge on any atom is 0.134 e.